The van der Waals surface area contributed by atoms with Crippen molar-refractivity contribution in [2.75, 3.05) is 12.3 Å². The summed E-state index contributed by atoms with van der Waals surface area (Å²) in [6.45, 7) is 0.155. The fourth-order valence-corrected chi connectivity index (χ4v) is 2.26. The van der Waals surface area contributed by atoms with Crippen LogP contribution in [0.25, 0.3) is 22.5 Å². The summed E-state index contributed by atoms with van der Waals surface area (Å²) in [5.74, 6) is 2.98. The molecule has 5 nitrogen and oxygen atoms in total. The lowest BCUT2D eigenvalue weighted by atomic mass is 10.1. The molecule has 0 fully saturated rings. The smallest absolute Gasteiger partial charge is 0.148 e. The van der Waals surface area contributed by atoms with Crippen molar-refractivity contribution in [2.24, 2.45) is 0 Å². The summed E-state index contributed by atoms with van der Waals surface area (Å²) in [6, 6.07) is 14.3. The maximum atomic E-state index is 10.2. The number of nitrogen functional groups attached to an aromatic ring is 1. The zero-order valence-corrected chi connectivity index (χ0v) is 12.3. The second-order valence-corrected chi connectivity index (χ2v) is 4.96. The molecular weight excluding hydrogens is 290 g/mol. The van der Waals surface area contributed by atoms with Crippen LogP contribution in [0, 0.1) is 12.3 Å². The van der Waals surface area contributed by atoms with E-state index in [1.54, 1.807) is 12.1 Å². The third kappa shape index (κ3) is 3.11. The fourth-order valence-electron chi connectivity index (χ4n) is 2.26. The van der Waals surface area contributed by atoms with Gasteiger partial charge in [0.2, 0.25) is 0 Å². The summed E-state index contributed by atoms with van der Waals surface area (Å²) >= 11 is 0. The van der Waals surface area contributed by atoms with E-state index >= 15 is 0 Å². The average molecular weight is 305 g/mol. The lowest BCUT2D eigenvalue weighted by Crippen LogP contribution is -1.93. The highest BCUT2D eigenvalue weighted by Crippen LogP contribution is 2.33. The monoisotopic (exact) mass is 305 g/mol. The number of nitrogens with zero attached hydrogens (tertiary/aromatic N) is 1. The van der Waals surface area contributed by atoms with E-state index < -0.39 is 0 Å². The van der Waals surface area contributed by atoms with Gasteiger partial charge in [-0.05, 0) is 30.3 Å². The van der Waals surface area contributed by atoms with Gasteiger partial charge < -0.3 is 15.6 Å². The number of terminal acetylenes is 1. The number of anilines is 1. The van der Waals surface area contributed by atoms with Crippen LogP contribution in [0.1, 0.15) is 0 Å². The molecule has 0 atom stereocenters. The summed E-state index contributed by atoms with van der Waals surface area (Å²) < 4.78 is 5.28. The molecule has 4 N–H and O–H groups in total. The fraction of sp³-hybridized carbons (Fsp3) is 0.0556. The highest BCUT2D eigenvalue weighted by Gasteiger charge is 2.10. The normalized spacial score (nSPS) is 10.2. The second kappa shape index (κ2) is 6.16. The molecule has 0 unspecified atom stereocenters. The minimum Gasteiger partial charge on any atom is -0.507 e. The van der Waals surface area contributed by atoms with Gasteiger partial charge in [0.25, 0.3) is 0 Å². The lowest BCUT2D eigenvalue weighted by Gasteiger charge is -2.06. The SMILES string of the molecule is C#CCOc1ccc(-c2cc(-c3cccc(N)c3)n[nH]2)c(O)c1. The molecule has 5 heteroatoms. The van der Waals surface area contributed by atoms with Crippen LogP contribution in [0.15, 0.2) is 48.5 Å². The summed E-state index contributed by atoms with van der Waals surface area (Å²) in [5.41, 5.74) is 9.44. The molecule has 0 aliphatic heterocycles. The minimum absolute atomic E-state index is 0.0855. The largest absolute Gasteiger partial charge is 0.507 e. The van der Waals surface area contributed by atoms with E-state index in [4.69, 9.17) is 16.9 Å². The van der Waals surface area contributed by atoms with Crippen LogP contribution in [0.5, 0.6) is 11.5 Å². The van der Waals surface area contributed by atoms with Crippen molar-refractivity contribution in [2.45, 2.75) is 0 Å². The van der Waals surface area contributed by atoms with Crippen molar-refractivity contribution in [1.29, 1.82) is 0 Å². The van der Waals surface area contributed by atoms with Crippen molar-refractivity contribution < 1.29 is 9.84 Å². The van der Waals surface area contributed by atoms with Gasteiger partial charge in [0.1, 0.15) is 18.1 Å². The molecule has 0 radical (unpaired) electrons. The molecule has 1 aromatic heterocycles. The molecule has 0 amide bonds. The molecule has 3 rings (SSSR count). The Kier molecular flexibility index (Phi) is 3.89. The second-order valence-electron chi connectivity index (χ2n) is 4.96. The first kappa shape index (κ1) is 14.5. The number of benzene rings is 2. The maximum absolute atomic E-state index is 10.2. The van der Waals surface area contributed by atoms with Crippen molar-refractivity contribution in [3.8, 4) is 46.4 Å². The molecule has 0 bridgehead atoms. The van der Waals surface area contributed by atoms with Crippen LogP contribution in [0.3, 0.4) is 0 Å². The standard InChI is InChI=1S/C18H15N3O2/c1-2-8-23-14-6-7-15(18(22)10-14)17-11-16(20-21-17)12-4-3-5-13(19)9-12/h1,3-7,9-11,22H,8,19H2,(H,20,21). The number of H-pyrrole nitrogens is 1. The Morgan fingerprint density at radius 1 is 1.22 bits per heavy atom. The summed E-state index contributed by atoms with van der Waals surface area (Å²) in [6.07, 6.45) is 5.14. The first-order chi connectivity index (χ1) is 11.2. The average Bonchev–Trinajstić information content (AvgIpc) is 3.03. The molecular formula is C18H15N3O2. The van der Waals surface area contributed by atoms with Gasteiger partial charge >= 0.3 is 0 Å². The number of phenols is 1. The molecule has 2 aromatic carbocycles. The molecule has 114 valence electrons. The number of phenolic OH excluding ortho intramolecular Hbond substituents is 1. The van der Waals surface area contributed by atoms with Crippen molar-refractivity contribution >= 4 is 5.69 Å². The van der Waals surface area contributed by atoms with Crippen LogP contribution in [-0.4, -0.2) is 21.9 Å². The van der Waals surface area contributed by atoms with E-state index in [1.807, 2.05) is 30.3 Å². The maximum Gasteiger partial charge on any atom is 0.148 e. The molecule has 0 aliphatic rings. The van der Waals surface area contributed by atoms with Gasteiger partial charge in [0.05, 0.1) is 11.4 Å². The summed E-state index contributed by atoms with van der Waals surface area (Å²) in [5, 5.41) is 17.4. The third-order valence-corrected chi connectivity index (χ3v) is 3.34. The van der Waals surface area contributed by atoms with Crippen LogP contribution < -0.4 is 10.5 Å². The van der Waals surface area contributed by atoms with Crippen LogP contribution in [0.4, 0.5) is 5.69 Å². The van der Waals surface area contributed by atoms with Gasteiger partial charge in [0, 0.05) is 22.9 Å². The quantitative estimate of drug-likeness (QED) is 0.511. The van der Waals surface area contributed by atoms with Crippen LogP contribution in [0.2, 0.25) is 0 Å². The number of aromatic amines is 1. The van der Waals surface area contributed by atoms with Gasteiger partial charge in [-0.1, -0.05) is 18.1 Å². The van der Waals surface area contributed by atoms with E-state index in [1.165, 1.54) is 6.07 Å². The topological polar surface area (TPSA) is 84.2 Å². The van der Waals surface area contributed by atoms with E-state index in [0.29, 0.717) is 22.7 Å². The summed E-state index contributed by atoms with van der Waals surface area (Å²) in [7, 11) is 0. The zero-order valence-electron chi connectivity index (χ0n) is 12.3. The highest BCUT2D eigenvalue weighted by molar-refractivity contribution is 5.73. The molecule has 1 heterocycles. The Hall–Kier alpha value is -3.39. The van der Waals surface area contributed by atoms with Gasteiger partial charge in [-0.2, -0.15) is 5.10 Å². The number of aromatic hydroxyl groups is 1. The first-order valence-corrected chi connectivity index (χ1v) is 6.98. The molecule has 0 saturated heterocycles. The van der Waals surface area contributed by atoms with Crippen LogP contribution in [-0.2, 0) is 0 Å². The van der Waals surface area contributed by atoms with E-state index in [2.05, 4.69) is 16.1 Å². The molecule has 23 heavy (non-hydrogen) atoms. The van der Waals surface area contributed by atoms with E-state index in [-0.39, 0.29) is 12.4 Å². The summed E-state index contributed by atoms with van der Waals surface area (Å²) in [4.78, 5) is 0. The van der Waals surface area contributed by atoms with Gasteiger partial charge in [-0.3, -0.25) is 5.10 Å². The number of nitrogens with two attached hydrogens (primary N) is 1. The third-order valence-electron chi connectivity index (χ3n) is 3.34. The Bertz CT molecular complexity index is 878. The predicted octanol–water partition coefficient (Wildman–Crippen LogP) is 3.04. The molecule has 0 spiro atoms. The number of ether oxygens (including phenoxy) is 1. The Morgan fingerprint density at radius 3 is 2.83 bits per heavy atom. The Balaban J connectivity index is 1.90. The van der Waals surface area contributed by atoms with Crippen molar-refractivity contribution in [3.05, 3.63) is 48.5 Å². The number of rotatable bonds is 4. The molecule has 3 aromatic rings. The molecule has 0 saturated carbocycles. The predicted molar refractivity (Wildman–Crippen MR) is 89.9 cm³/mol. The van der Waals surface area contributed by atoms with E-state index in [9.17, 15) is 5.11 Å². The first-order valence-electron chi connectivity index (χ1n) is 6.98. The van der Waals surface area contributed by atoms with Crippen LogP contribution >= 0.6 is 0 Å². The molecule has 0 aliphatic carbocycles. The Morgan fingerprint density at radius 2 is 2.09 bits per heavy atom. The van der Waals surface area contributed by atoms with Gasteiger partial charge in [-0.15, -0.1) is 6.42 Å². The lowest BCUT2D eigenvalue weighted by molar-refractivity contribution is 0.367. The van der Waals surface area contributed by atoms with Crippen molar-refractivity contribution in [3.63, 3.8) is 0 Å². The number of nitrogens with one attached hydrogen (secondary N) is 1. The number of aromatic nitrogens is 2. The van der Waals surface area contributed by atoms with Gasteiger partial charge in [-0.25, -0.2) is 0 Å². The van der Waals surface area contributed by atoms with E-state index in [0.717, 1.165) is 11.3 Å². The zero-order chi connectivity index (χ0) is 16.2. The number of hydrogen-bond donors (Lipinski definition) is 3. The van der Waals surface area contributed by atoms with Gasteiger partial charge in [0.15, 0.2) is 0 Å². The number of hydrogen-bond acceptors (Lipinski definition) is 4. The highest BCUT2D eigenvalue weighted by atomic mass is 16.5. The Labute approximate surface area is 133 Å². The van der Waals surface area contributed by atoms with Crippen molar-refractivity contribution in [1.82, 2.24) is 10.2 Å². The minimum atomic E-state index is 0.0855.